The van der Waals surface area contributed by atoms with Gasteiger partial charge in [0.15, 0.2) is 5.78 Å². The summed E-state index contributed by atoms with van der Waals surface area (Å²) < 4.78 is 27.1. The van der Waals surface area contributed by atoms with Crippen molar-refractivity contribution >= 4 is 21.7 Å². The van der Waals surface area contributed by atoms with E-state index in [2.05, 4.69) is 0 Å². The Kier molecular flexibility index (Phi) is 5.98. The standard InChI is InChI=1S/C19H27N3O4S/c1-14(23)15-4-6-18(7-5-15)27(25,26)22-11-8-16(9-12-22)19(24)21-10-2-3-17(20)13-21/h4-7,16-17H,2-3,8-13,20H2,1H3. The minimum atomic E-state index is -3.61. The van der Waals surface area contributed by atoms with Crippen molar-refractivity contribution in [2.75, 3.05) is 26.2 Å². The number of carbonyl (C=O) groups excluding carboxylic acids is 2. The number of piperidine rings is 2. The maximum absolute atomic E-state index is 12.8. The Morgan fingerprint density at radius 3 is 2.22 bits per heavy atom. The number of carbonyl (C=O) groups is 2. The number of hydrogen-bond acceptors (Lipinski definition) is 5. The topological polar surface area (TPSA) is 101 Å². The van der Waals surface area contributed by atoms with Crippen LogP contribution in [0.2, 0.25) is 0 Å². The van der Waals surface area contributed by atoms with Crippen LogP contribution >= 0.6 is 0 Å². The zero-order valence-corrected chi connectivity index (χ0v) is 16.5. The molecule has 2 N–H and O–H groups in total. The monoisotopic (exact) mass is 393 g/mol. The van der Waals surface area contributed by atoms with Crippen LogP contribution in [-0.4, -0.2) is 61.5 Å². The van der Waals surface area contributed by atoms with Gasteiger partial charge in [0.2, 0.25) is 15.9 Å². The number of amides is 1. The average molecular weight is 394 g/mol. The zero-order chi connectivity index (χ0) is 19.6. The van der Waals surface area contributed by atoms with E-state index in [1.807, 2.05) is 4.90 Å². The summed E-state index contributed by atoms with van der Waals surface area (Å²) in [7, 11) is -3.61. The van der Waals surface area contributed by atoms with Gasteiger partial charge >= 0.3 is 0 Å². The first-order valence-corrected chi connectivity index (χ1v) is 10.9. The van der Waals surface area contributed by atoms with Crippen LogP contribution < -0.4 is 5.73 Å². The predicted molar refractivity (Wildman–Crippen MR) is 102 cm³/mol. The summed E-state index contributed by atoms with van der Waals surface area (Å²) in [6.07, 6.45) is 2.92. The quantitative estimate of drug-likeness (QED) is 0.776. The van der Waals surface area contributed by atoms with Gasteiger partial charge in [0.25, 0.3) is 0 Å². The number of nitrogens with two attached hydrogens (primary N) is 1. The van der Waals surface area contributed by atoms with Crippen molar-refractivity contribution in [2.24, 2.45) is 11.7 Å². The van der Waals surface area contributed by atoms with Crippen molar-refractivity contribution in [1.82, 2.24) is 9.21 Å². The van der Waals surface area contributed by atoms with Gasteiger partial charge in [-0.25, -0.2) is 8.42 Å². The highest BCUT2D eigenvalue weighted by molar-refractivity contribution is 7.89. The van der Waals surface area contributed by atoms with Crippen molar-refractivity contribution in [2.45, 2.75) is 43.5 Å². The zero-order valence-electron chi connectivity index (χ0n) is 15.6. The molecule has 3 rings (SSSR count). The molecule has 0 aromatic heterocycles. The average Bonchev–Trinajstić information content (AvgIpc) is 2.67. The van der Waals surface area contributed by atoms with Gasteiger partial charge in [-0.2, -0.15) is 4.31 Å². The predicted octanol–water partition coefficient (Wildman–Crippen LogP) is 1.24. The van der Waals surface area contributed by atoms with Crippen molar-refractivity contribution in [1.29, 1.82) is 0 Å². The van der Waals surface area contributed by atoms with Gasteiger partial charge in [0.05, 0.1) is 4.90 Å². The van der Waals surface area contributed by atoms with Crippen molar-refractivity contribution in [3.63, 3.8) is 0 Å². The number of likely N-dealkylation sites (tertiary alicyclic amines) is 1. The lowest BCUT2D eigenvalue weighted by molar-refractivity contribution is -0.137. The lowest BCUT2D eigenvalue weighted by Crippen LogP contribution is -2.50. The van der Waals surface area contributed by atoms with Crippen LogP contribution in [0.25, 0.3) is 0 Å². The maximum atomic E-state index is 12.8. The van der Waals surface area contributed by atoms with Gasteiger partial charge in [-0.3, -0.25) is 9.59 Å². The van der Waals surface area contributed by atoms with Gasteiger partial charge in [0, 0.05) is 43.7 Å². The minimum absolute atomic E-state index is 0.0427. The summed E-state index contributed by atoms with van der Waals surface area (Å²) in [5.41, 5.74) is 6.45. The number of sulfonamides is 1. The number of hydrogen-bond donors (Lipinski definition) is 1. The molecule has 8 heteroatoms. The normalized spacial score (nSPS) is 22.6. The molecule has 0 radical (unpaired) electrons. The van der Waals surface area contributed by atoms with E-state index in [0.717, 1.165) is 19.4 Å². The molecular formula is C19H27N3O4S. The Bertz CT molecular complexity index is 799. The fraction of sp³-hybridized carbons (Fsp3) is 0.579. The summed E-state index contributed by atoms with van der Waals surface area (Å²) in [5, 5.41) is 0. The molecule has 148 valence electrons. The fourth-order valence-electron chi connectivity index (χ4n) is 3.82. The molecule has 1 unspecified atom stereocenters. The molecule has 2 aliphatic heterocycles. The van der Waals surface area contributed by atoms with E-state index in [1.165, 1.54) is 35.5 Å². The number of nitrogens with zero attached hydrogens (tertiary/aromatic N) is 2. The fourth-order valence-corrected chi connectivity index (χ4v) is 5.29. The molecule has 0 spiro atoms. The summed E-state index contributed by atoms with van der Waals surface area (Å²) in [6.45, 7) is 3.44. The lowest BCUT2D eigenvalue weighted by atomic mass is 9.95. The first-order chi connectivity index (χ1) is 12.8. The van der Waals surface area contributed by atoms with Crippen molar-refractivity contribution in [3.8, 4) is 0 Å². The molecular weight excluding hydrogens is 366 g/mol. The molecule has 0 saturated carbocycles. The van der Waals surface area contributed by atoms with Crippen LogP contribution in [0.3, 0.4) is 0 Å². The second-order valence-electron chi connectivity index (χ2n) is 7.45. The van der Waals surface area contributed by atoms with E-state index in [9.17, 15) is 18.0 Å². The molecule has 2 heterocycles. The summed E-state index contributed by atoms with van der Waals surface area (Å²) in [4.78, 5) is 26.1. The summed E-state index contributed by atoms with van der Waals surface area (Å²) in [5.74, 6) is -0.134. The first kappa shape index (κ1) is 20.0. The number of rotatable bonds is 4. The van der Waals surface area contributed by atoms with Gasteiger partial charge in [-0.15, -0.1) is 0 Å². The highest BCUT2D eigenvalue weighted by Gasteiger charge is 2.34. The second kappa shape index (κ2) is 8.08. The third-order valence-corrected chi connectivity index (χ3v) is 7.38. The van der Waals surface area contributed by atoms with E-state index in [1.54, 1.807) is 0 Å². The molecule has 1 aromatic rings. The van der Waals surface area contributed by atoms with E-state index in [-0.39, 0.29) is 28.5 Å². The summed E-state index contributed by atoms with van der Waals surface area (Å²) >= 11 is 0. The molecule has 2 aliphatic rings. The van der Waals surface area contributed by atoms with E-state index in [4.69, 9.17) is 5.73 Å². The second-order valence-corrected chi connectivity index (χ2v) is 9.38. The smallest absolute Gasteiger partial charge is 0.243 e. The Hall–Kier alpha value is -1.77. The van der Waals surface area contributed by atoms with Crippen LogP contribution in [0.1, 0.15) is 43.0 Å². The van der Waals surface area contributed by atoms with Crippen LogP contribution in [0.15, 0.2) is 29.2 Å². The first-order valence-electron chi connectivity index (χ1n) is 9.44. The maximum Gasteiger partial charge on any atom is 0.243 e. The van der Waals surface area contributed by atoms with Crippen LogP contribution in [-0.2, 0) is 14.8 Å². The number of Topliss-reactive ketones (excluding diaryl/α,β-unsaturated/α-hetero) is 1. The van der Waals surface area contributed by atoms with Gasteiger partial charge in [-0.05, 0) is 44.7 Å². The third kappa shape index (κ3) is 4.39. The highest BCUT2D eigenvalue weighted by atomic mass is 32.2. The van der Waals surface area contributed by atoms with Crippen LogP contribution in [0.4, 0.5) is 0 Å². The molecule has 27 heavy (non-hydrogen) atoms. The molecule has 1 aromatic carbocycles. The molecule has 1 atom stereocenters. The van der Waals surface area contributed by atoms with Gasteiger partial charge in [0.1, 0.15) is 0 Å². The number of benzene rings is 1. The van der Waals surface area contributed by atoms with E-state index in [0.29, 0.717) is 38.0 Å². The Morgan fingerprint density at radius 1 is 1.04 bits per heavy atom. The van der Waals surface area contributed by atoms with Crippen molar-refractivity contribution in [3.05, 3.63) is 29.8 Å². The van der Waals surface area contributed by atoms with E-state index >= 15 is 0 Å². The minimum Gasteiger partial charge on any atom is -0.341 e. The summed E-state index contributed by atoms with van der Waals surface area (Å²) in [6, 6.07) is 6.05. The molecule has 0 bridgehead atoms. The molecule has 2 saturated heterocycles. The van der Waals surface area contributed by atoms with E-state index < -0.39 is 10.0 Å². The van der Waals surface area contributed by atoms with Crippen LogP contribution in [0.5, 0.6) is 0 Å². The largest absolute Gasteiger partial charge is 0.341 e. The Balaban J connectivity index is 1.62. The van der Waals surface area contributed by atoms with Gasteiger partial charge < -0.3 is 10.6 Å². The molecule has 2 fully saturated rings. The lowest BCUT2D eigenvalue weighted by Gasteiger charge is -2.36. The number of ketones is 1. The van der Waals surface area contributed by atoms with Gasteiger partial charge in [-0.1, -0.05) is 12.1 Å². The van der Waals surface area contributed by atoms with Crippen molar-refractivity contribution < 1.29 is 18.0 Å². The van der Waals surface area contributed by atoms with Crippen LogP contribution in [0, 0.1) is 5.92 Å². The molecule has 1 amide bonds. The SMILES string of the molecule is CC(=O)c1ccc(S(=O)(=O)N2CCC(C(=O)N3CCCC(N)C3)CC2)cc1. The molecule has 7 nitrogen and oxygen atoms in total. The highest BCUT2D eigenvalue weighted by Crippen LogP contribution is 2.26. The third-order valence-electron chi connectivity index (χ3n) is 5.47. The Morgan fingerprint density at radius 2 is 1.67 bits per heavy atom. The Labute approximate surface area is 160 Å². The molecule has 0 aliphatic carbocycles.